The van der Waals surface area contributed by atoms with Gasteiger partial charge in [-0.15, -0.1) is 11.8 Å². The second-order valence-electron chi connectivity index (χ2n) is 4.38. The molecular weight excluding hydrogens is 302 g/mol. The van der Waals surface area contributed by atoms with Crippen molar-refractivity contribution in [1.29, 1.82) is 0 Å². The number of ether oxygens (including phenoxy) is 1. The van der Waals surface area contributed by atoms with Gasteiger partial charge in [0.05, 0.1) is 0 Å². The number of aliphatic carboxylic acids is 1. The van der Waals surface area contributed by atoms with Crippen molar-refractivity contribution in [3.05, 3.63) is 11.3 Å². The number of carbonyl (C=O) groups excluding carboxylic acids is 3. The van der Waals surface area contributed by atoms with Crippen molar-refractivity contribution >= 4 is 36.0 Å². The van der Waals surface area contributed by atoms with Crippen molar-refractivity contribution in [3.8, 4) is 0 Å². The van der Waals surface area contributed by atoms with Crippen LogP contribution in [0, 0.1) is 0 Å². The summed E-state index contributed by atoms with van der Waals surface area (Å²) in [6, 6.07) is -0.756. The van der Waals surface area contributed by atoms with Gasteiger partial charge in [-0.25, -0.2) is 4.79 Å². The van der Waals surface area contributed by atoms with Crippen molar-refractivity contribution in [3.63, 3.8) is 0 Å². The number of nitrogens with zero attached hydrogens (tertiary/aromatic N) is 1. The number of rotatable bonds is 5. The summed E-state index contributed by atoms with van der Waals surface area (Å²) < 4.78 is 4.78. The maximum Gasteiger partial charge on any atom is 0.352 e. The molecule has 0 aromatic rings. The average Bonchev–Trinajstić information content (AvgIpc) is 2.41. The van der Waals surface area contributed by atoms with E-state index >= 15 is 0 Å². The number of amides is 2. The molecule has 9 nitrogen and oxygen atoms in total. The summed E-state index contributed by atoms with van der Waals surface area (Å²) in [5.74, 6) is -2.34. The molecule has 114 valence electrons. The minimum Gasteiger partial charge on any atom is -0.477 e. The van der Waals surface area contributed by atoms with Crippen molar-refractivity contribution in [2.75, 3.05) is 5.75 Å². The number of esters is 1. The lowest BCUT2D eigenvalue weighted by Gasteiger charge is -2.49. The van der Waals surface area contributed by atoms with Gasteiger partial charge in [-0.05, 0) is 0 Å². The number of β-lactam (4-membered cyclic amide) rings is 1. The van der Waals surface area contributed by atoms with E-state index in [1.54, 1.807) is 0 Å². The minimum atomic E-state index is -1.34. The van der Waals surface area contributed by atoms with E-state index in [0.717, 1.165) is 11.8 Å². The SMILES string of the molecule is CC(=O)OC(N)C1=C(C(=O)O)N2C(=O)[C@H](NC=O)[C@H]2SC1. The van der Waals surface area contributed by atoms with Gasteiger partial charge in [-0.1, -0.05) is 0 Å². The first kappa shape index (κ1) is 15.3. The first-order chi connectivity index (χ1) is 9.88. The molecule has 0 saturated carbocycles. The normalized spacial score (nSPS) is 25.6. The lowest BCUT2D eigenvalue weighted by Crippen LogP contribution is -2.70. The van der Waals surface area contributed by atoms with Gasteiger partial charge in [0, 0.05) is 18.2 Å². The number of carbonyl (C=O) groups is 4. The Hall–Kier alpha value is -2.07. The van der Waals surface area contributed by atoms with Crippen molar-refractivity contribution in [1.82, 2.24) is 10.2 Å². The van der Waals surface area contributed by atoms with E-state index in [4.69, 9.17) is 10.5 Å². The monoisotopic (exact) mass is 315 g/mol. The Kier molecular flexibility index (Phi) is 4.19. The van der Waals surface area contributed by atoms with Crippen LogP contribution in [0.1, 0.15) is 6.92 Å². The second-order valence-corrected chi connectivity index (χ2v) is 5.49. The smallest absolute Gasteiger partial charge is 0.352 e. The molecule has 1 saturated heterocycles. The van der Waals surface area contributed by atoms with Crippen LogP contribution >= 0.6 is 11.8 Å². The van der Waals surface area contributed by atoms with Crippen LogP contribution in [0.2, 0.25) is 0 Å². The Balaban J connectivity index is 2.31. The lowest BCUT2D eigenvalue weighted by atomic mass is 10.0. The Morgan fingerprint density at radius 3 is 2.81 bits per heavy atom. The Morgan fingerprint density at radius 1 is 1.62 bits per heavy atom. The van der Waals surface area contributed by atoms with Crippen LogP contribution in [0.3, 0.4) is 0 Å². The van der Waals surface area contributed by atoms with Crippen molar-refractivity contribution in [2.24, 2.45) is 5.73 Å². The molecule has 2 aliphatic heterocycles. The quantitative estimate of drug-likeness (QED) is 0.234. The van der Waals surface area contributed by atoms with Crippen LogP contribution in [-0.2, 0) is 23.9 Å². The van der Waals surface area contributed by atoms with Gasteiger partial charge in [0.25, 0.3) is 5.91 Å². The van der Waals surface area contributed by atoms with Crippen LogP contribution in [0.15, 0.2) is 11.3 Å². The van der Waals surface area contributed by atoms with Crippen LogP contribution in [-0.4, -0.2) is 57.7 Å². The predicted molar refractivity (Wildman–Crippen MR) is 70.5 cm³/mol. The fourth-order valence-corrected chi connectivity index (χ4v) is 3.60. The predicted octanol–water partition coefficient (Wildman–Crippen LogP) is -1.80. The second kappa shape index (κ2) is 5.74. The molecule has 2 aliphatic rings. The van der Waals surface area contributed by atoms with Gasteiger partial charge in [0.1, 0.15) is 17.1 Å². The largest absolute Gasteiger partial charge is 0.477 e. The molecule has 2 rings (SSSR count). The molecule has 3 atom stereocenters. The fraction of sp³-hybridized carbons (Fsp3) is 0.455. The maximum absolute atomic E-state index is 11.9. The molecule has 0 aromatic carbocycles. The van der Waals surface area contributed by atoms with E-state index < -0.39 is 35.5 Å². The Morgan fingerprint density at radius 2 is 2.29 bits per heavy atom. The van der Waals surface area contributed by atoms with E-state index in [0.29, 0.717) is 6.41 Å². The van der Waals surface area contributed by atoms with E-state index in [1.165, 1.54) is 11.8 Å². The van der Waals surface area contributed by atoms with Crippen molar-refractivity contribution in [2.45, 2.75) is 24.6 Å². The minimum absolute atomic E-state index is 0.150. The first-order valence-corrected chi connectivity index (χ1v) is 6.96. The Bertz CT molecular complexity index is 548. The number of fused-ring (bicyclic) bond motifs is 1. The van der Waals surface area contributed by atoms with Gasteiger partial charge < -0.3 is 15.2 Å². The number of nitrogens with one attached hydrogen (secondary N) is 1. The van der Waals surface area contributed by atoms with Gasteiger partial charge in [-0.3, -0.25) is 25.0 Å². The molecule has 21 heavy (non-hydrogen) atoms. The molecule has 4 N–H and O–H groups in total. The Labute approximate surface area is 123 Å². The van der Waals surface area contributed by atoms with Gasteiger partial charge in [0.15, 0.2) is 6.23 Å². The third kappa shape index (κ3) is 2.59. The number of carboxylic acids is 1. The molecule has 0 aromatic heterocycles. The maximum atomic E-state index is 11.9. The summed E-state index contributed by atoms with van der Waals surface area (Å²) in [7, 11) is 0. The van der Waals surface area contributed by atoms with Crippen LogP contribution in [0.25, 0.3) is 0 Å². The van der Waals surface area contributed by atoms with E-state index in [1.807, 2.05) is 0 Å². The highest BCUT2D eigenvalue weighted by atomic mass is 32.2. The highest BCUT2D eigenvalue weighted by molar-refractivity contribution is 8.00. The summed E-state index contributed by atoms with van der Waals surface area (Å²) in [6.07, 6.45) is -0.835. The van der Waals surface area contributed by atoms with E-state index in [-0.39, 0.29) is 17.0 Å². The van der Waals surface area contributed by atoms with E-state index in [9.17, 15) is 24.3 Å². The molecule has 0 radical (unpaired) electrons. The first-order valence-electron chi connectivity index (χ1n) is 5.92. The number of hydrogen-bond donors (Lipinski definition) is 3. The summed E-state index contributed by atoms with van der Waals surface area (Å²) in [5, 5.41) is 11.1. The summed E-state index contributed by atoms with van der Waals surface area (Å²) in [4.78, 5) is 45.8. The third-order valence-corrected chi connectivity index (χ3v) is 4.39. The zero-order valence-corrected chi connectivity index (χ0v) is 11.8. The zero-order valence-electron chi connectivity index (χ0n) is 10.9. The van der Waals surface area contributed by atoms with Gasteiger partial charge in [-0.2, -0.15) is 0 Å². The summed E-state index contributed by atoms with van der Waals surface area (Å²) >= 11 is 1.24. The number of hydrogen-bond acceptors (Lipinski definition) is 7. The molecule has 1 unspecified atom stereocenters. The fourth-order valence-electron chi connectivity index (χ4n) is 2.20. The third-order valence-electron chi connectivity index (χ3n) is 3.08. The van der Waals surface area contributed by atoms with Crippen molar-refractivity contribution < 1.29 is 29.0 Å². The molecule has 10 heteroatoms. The summed E-state index contributed by atoms with van der Waals surface area (Å²) in [6.45, 7) is 1.15. The highest BCUT2D eigenvalue weighted by Crippen LogP contribution is 2.40. The van der Waals surface area contributed by atoms with Crippen LogP contribution < -0.4 is 11.1 Å². The standard InChI is InChI=1S/C11H13N3O6S/c1-4(16)20-8(12)5-2-21-10-6(13-3-15)9(17)14(10)7(5)11(18)19/h3,6,8,10H,2,12H2,1H3,(H,13,15)(H,18,19)/t6-,8?,10+/m0/s1. The van der Waals surface area contributed by atoms with Crippen LogP contribution in [0.4, 0.5) is 0 Å². The molecule has 1 fully saturated rings. The zero-order chi connectivity index (χ0) is 15.7. The number of carboxylic acid groups (broad SMARTS) is 1. The average molecular weight is 315 g/mol. The molecule has 2 heterocycles. The lowest BCUT2D eigenvalue weighted by molar-refractivity contribution is -0.150. The number of thioether (sulfide) groups is 1. The van der Waals surface area contributed by atoms with Gasteiger partial charge >= 0.3 is 11.9 Å². The molecule has 0 aliphatic carbocycles. The van der Waals surface area contributed by atoms with Crippen LogP contribution in [0.5, 0.6) is 0 Å². The number of nitrogens with two attached hydrogens (primary N) is 1. The van der Waals surface area contributed by atoms with E-state index in [2.05, 4.69) is 5.32 Å². The van der Waals surface area contributed by atoms with Gasteiger partial charge in [0.2, 0.25) is 6.41 Å². The molecule has 0 bridgehead atoms. The molecule has 0 spiro atoms. The summed E-state index contributed by atoms with van der Waals surface area (Å²) in [5.41, 5.74) is 5.52. The molecule has 2 amide bonds. The topological polar surface area (TPSA) is 139 Å². The highest BCUT2D eigenvalue weighted by Gasteiger charge is 2.54. The molecular formula is C11H13N3O6S.